The summed E-state index contributed by atoms with van der Waals surface area (Å²) in [6.07, 6.45) is 1.58. The highest BCUT2D eigenvalue weighted by Gasteiger charge is 2.12. The lowest BCUT2D eigenvalue weighted by molar-refractivity contribution is 0.102. The number of pyridine rings is 1. The molecule has 0 fully saturated rings. The van der Waals surface area contributed by atoms with Gasteiger partial charge >= 0.3 is 0 Å². The van der Waals surface area contributed by atoms with Crippen LogP contribution in [0.1, 0.15) is 15.9 Å². The Morgan fingerprint density at radius 3 is 2.83 bits per heavy atom. The number of nitrogens with zero attached hydrogens (tertiary/aromatic N) is 1. The zero-order valence-electron chi connectivity index (χ0n) is 9.58. The molecule has 1 aromatic heterocycles. The number of carbonyl (C=O) groups excluding carboxylic acids is 1. The maximum absolute atomic E-state index is 12.1. The number of amides is 1. The molecule has 0 atom stereocenters. The Kier molecular flexibility index (Phi) is 3.99. The molecule has 0 saturated carbocycles. The van der Waals surface area contributed by atoms with Crippen molar-refractivity contribution in [3.8, 4) is 0 Å². The number of hydrogen-bond acceptors (Lipinski definition) is 2. The Hall–Kier alpha value is -1.39. The molecule has 0 spiro atoms. The van der Waals surface area contributed by atoms with Gasteiger partial charge in [-0.25, -0.2) is 4.98 Å². The molecule has 1 aromatic carbocycles. The number of benzene rings is 1. The zero-order valence-corrected chi connectivity index (χ0v) is 11.9. The van der Waals surface area contributed by atoms with Crippen LogP contribution in [0.2, 0.25) is 5.02 Å². The smallest absolute Gasteiger partial charge is 0.257 e. The average Bonchev–Trinajstić information content (AvgIpc) is 2.35. The fourth-order valence-electron chi connectivity index (χ4n) is 1.51. The minimum absolute atomic E-state index is 0.227. The summed E-state index contributed by atoms with van der Waals surface area (Å²) < 4.78 is 0.891. The van der Waals surface area contributed by atoms with Gasteiger partial charge in [-0.1, -0.05) is 33.6 Å². The Balaban J connectivity index is 2.28. The van der Waals surface area contributed by atoms with E-state index >= 15 is 0 Å². The van der Waals surface area contributed by atoms with Crippen LogP contribution >= 0.6 is 27.5 Å². The van der Waals surface area contributed by atoms with Crippen LogP contribution in [0.5, 0.6) is 0 Å². The van der Waals surface area contributed by atoms with Gasteiger partial charge in [-0.2, -0.15) is 0 Å². The molecule has 0 aliphatic carbocycles. The second-order valence-corrected chi connectivity index (χ2v) is 4.96. The molecule has 92 valence electrons. The molecule has 18 heavy (non-hydrogen) atoms. The third-order valence-corrected chi connectivity index (χ3v) is 3.67. The van der Waals surface area contributed by atoms with Gasteiger partial charge in [-0.05, 0) is 36.8 Å². The number of nitrogens with one attached hydrogen (secondary N) is 1. The molecule has 1 amide bonds. The Bertz CT molecular complexity index is 601. The highest BCUT2D eigenvalue weighted by molar-refractivity contribution is 9.10. The number of hydrogen-bond donors (Lipinski definition) is 1. The van der Waals surface area contributed by atoms with Gasteiger partial charge in [0.25, 0.3) is 5.91 Å². The van der Waals surface area contributed by atoms with Crippen LogP contribution in [-0.2, 0) is 0 Å². The van der Waals surface area contributed by atoms with Crippen molar-refractivity contribution in [1.82, 2.24) is 4.98 Å². The summed E-state index contributed by atoms with van der Waals surface area (Å²) in [5, 5.41) is 3.11. The van der Waals surface area contributed by atoms with Crippen molar-refractivity contribution in [1.29, 1.82) is 0 Å². The van der Waals surface area contributed by atoms with E-state index in [9.17, 15) is 4.79 Å². The summed E-state index contributed by atoms with van der Waals surface area (Å²) in [6, 6.07) is 8.85. The van der Waals surface area contributed by atoms with Gasteiger partial charge in [-0.15, -0.1) is 0 Å². The molecule has 1 N–H and O–H groups in total. The van der Waals surface area contributed by atoms with Crippen LogP contribution in [0.3, 0.4) is 0 Å². The molecule has 2 aromatic rings. The van der Waals surface area contributed by atoms with E-state index in [0.29, 0.717) is 16.4 Å². The van der Waals surface area contributed by atoms with E-state index in [1.165, 1.54) is 0 Å². The van der Waals surface area contributed by atoms with Crippen molar-refractivity contribution >= 4 is 39.3 Å². The molecule has 5 heteroatoms. The van der Waals surface area contributed by atoms with Gasteiger partial charge in [0.05, 0.1) is 5.02 Å². The fraction of sp³-hybridized carbons (Fsp3) is 0.0769. The summed E-state index contributed by atoms with van der Waals surface area (Å²) in [5.74, 6) is 0.137. The number of halogens is 2. The van der Waals surface area contributed by atoms with Crippen molar-refractivity contribution < 1.29 is 4.79 Å². The molecular weight excluding hydrogens is 316 g/mol. The summed E-state index contributed by atoms with van der Waals surface area (Å²) in [7, 11) is 0. The van der Waals surface area contributed by atoms with Crippen LogP contribution in [0.15, 0.2) is 41.0 Å². The molecule has 0 unspecified atom stereocenters. The summed E-state index contributed by atoms with van der Waals surface area (Å²) in [6.45, 7) is 1.87. The molecule has 2 rings (SSSR count). The van der Waals surface area contributed by atoms with E-state index in [1.807, 2.05) is 19.1 Å². The molecule has 0 bridgehead atoms. The molecule has 1 heterocycles. The molecule has 0 aliphatic rings. The molecule has 3 nitrogen and oxygen atoms in total. The van der Waals surface area contributed by atoms with Gasteiger partial charge in [0.2, 0.25) is 0 Å². The maximum Gasteiger partial charge on any atom is 0.257 e. The molecule has 0 saturated heterocycles. The average molecular weight is 326 g/mol. The lowest BCUT2D eigenvalue weighted by atomic mass is 10.1. The topological polar surface area (TPSA) is 42.0 Å². The van der Waals surface area contributed by atoms with Crippen LogP contribution in [-0.4, -0.2) is 10.9 Å². The Morgan fingerprint density at radius 2 is 2.11 bits per heavy atom. The summed E-state index contributed by atoms with van der Waals surface area (Å²) in [4.78, 5) is 16.1. The van der Waals surface area contributed by atoms with Crippen molar-refractivity contribution in [2.45, 2.75) is 6.92 Å². The van der Waals surface area contributed by atoms with Crippen LogP contribution < -0.4 is 5.32 Å². The van der Waals surface area contributed by atoms with Crippen molar-refractivity contribution in [2.75, 3.05) is 5.32 Å². The third kappa shape index (κ3) is 2.71. The number of anilines is 1. The van der Waals surface area contributed by atoms with Gasteiger partial charge in [0, 0.05) is 16.2 Å². The van der Waals surface area contributed by atoms with Gasteiger partial charge < -0.3 is 5.32 Å². The van der Waals surface area contributed by atoms with E-state index in [-0.39, 0.29) is 5.91 Å². The first kappa shape index (κ1) is 13.1. The van der Waals surface area contributed by atoms with Crippen molar-refractivity contribution in [3.63, 3.8) is 0 Å². The second-order valence-electron chi connectivity index (χ2n) is 3.70. The minimum Gasteiger partial charge on any atom is -0.305 e. The molecule has 0 radical (unpaired) electrons. The van der Waals surface area contributed by atoms with Crippen molar-refractivity contribution in [3.05, 3.63) is 57.2 Å². The quantitative estimate of drug-likeness (QED) is 0.905. The maximum atomic E-state index is 12.1. The normalized spacial score (nSPS) is 10.2. The Morgan fingerprint density at radius 1 is 1.33 bits per heavy atom. The number of aromatic nitrogens is 1. The second kappa shape index (κ2) is 5.50. The van der Waals surface area contributed by atoms with Crippen LogP contribution in [0.25, 0.3) is 0 Å². The predicted molar refractivity (Wildman–Crippen MR) is 76.1 cm³/mol. The highest BCUT2D eigenvalue weighted by atomic mass is 79.9. The first-order valence-corrected chi connectivity index (χ1v) is 6.43. The van der Waals surface area contributed by atoms with Crippen LogP contribution in [0.4, 0.5) is 5.82 Å². The predicted octanol–water partition coefficient (Wildman–Crippen LogP) is 4.06. The third-order valence-electron chi connectivity index (χ3n) is 2.50. The zero-order chi connectivity index (χ0) is 13.1. The van der Waals surface area contributed by atoms with E-state index < -0.39 is 0 Å². The van der Waals surface area contributed by atoms with Gasteiger partial charge in [0.15, 0.2) is 5.82 Å². The number of rotatable bonds is 2. The SMILES string of the molecule is Cc1c(Br)cccc1C(=O)Nc1ncccc1Cl. The fourth-order valence-corrected chi connectivity index (χ4v) is 2.04. The minimum atomic E-state index is -0.227. The van der Waals surface area contributed by atoms with E-state index in [2.05, 4.69) is 26.2 Å². The monoisotopic (exact) mass is 324 g/mol. The lowest BCUT2D eigenvalue weighted by Gasteiger charge is -2.09. The van der Waals surface area contributed by atoms with Gasteiger partial charge in [0.1, 0.15) is 0 Å². The van der Waals surface area contributed by atoms with E-state index in [4.69, 9.17) is 11.6 Å². The Labute approximate surface area is 118 Å². The lowest BCUT2D eigenvalue weighted by Crippen LogP contribution is -2.14. The first-order valence-electron chi connectivity index (χ1n) is 5.26. The first-order chi connectivity index (χ1) is 8.59. The number of carbonyl (C=O) groups is 1. The van der Waals surface area contributed by atoms with E-state index in [0.717, 1.165) is 10.0 Å². The highest BCUT2D eigenvalue weighted by Crippen LogP contribution is 2.22. The standard InChI is InChI=1S/C13H10BrClN2O/c1-8-9(4-2-5-10(8)14)13(18)17-12-11(15)6-3-7-16-12/h2-7H,1H3,(H,16,17,18). The molecule has 0 aliphatic heterocycles. The van der Waals surface area contributed by atoms with Crippen LogP contribution in [0, 0.1) is 6.92 Å². The van der Waals surface area contributed by atoms with Crippen molar-refractivity contribution in [2.24, 2.45) is 0 Å². The van der Waals surface area contributed by atoms with Gasteiger partial charge in [-0.3, -0.25) is 4.79 Å². The summed E-state index contributed by atoms with van der Waals surface area (Å²) >= 11 is 9.33. The molecular formula is C13H10BrClN2O. The van der Waals surface area contributed by atoms with E-state index in [1.54, 1.807) is 24.4 Å². The largest absolute Gasteiger partial charge is 0.305 e. The summed E-state index contributed by atoms with van der Waals surface area (Å²) in [5.41, 5.74) is 1.47.